The highest BCUT2D eigenvalue weighted by molar-refractivity contribution is 7.22. The molecule has 9 heteroatoms. The molecule has 0 aliphatic rings. The maximum atomic E-state index is 12.5. The number of benzene rings is 2. The lowest BCUT2D eigenvalue weighted by Gasteiger charge is -2.12. The van der Waals surface area contributed by atoms with Gasteiger partial charge in [-0.2, -0.15) is 0 Å². The zero-order chi connectivity index (χ0) is 19.4. The number of carbonyl (C=O) groups excluding carboxylic acids is 1. The van der Waals surface area contributed by atoms with Crippen molar-refractivity contribution in [1.29, 1.82) is 0 Å². The number of para-hydroxylation sites is 1. The molecule has 1 amide bonds. The van der Waals surface area contributed by atoms with E-state index < -0.39 is 0 Å². The van der Waals surface area contributed by atoms with Gasteiger partial charge >= 0.3 is 0 Å². The third kappa shape index (κ3) is 3.54. The van der Waals surface area contributed by atoms with Crippen molar-refractivity contribution in [3.63, 3.8) is 0 Å². The fourth-order valence-electron chi connectivity index (χ4n) is 2.58. The van der Waals surface area contributed by atoms with Crippen LogP contribution in [0.4, 0.5) is 5.13 Å². The number of hydrazine groups is 1. The predicted molar refractivity (Wildman–Crippen MR) is 103 cm³/mol. The van der Waals surface area contributed by atoms with E-state index in [0.29, 0.717) is 39.2 Å². The van der Waals surface area contributed by atoms with Crippen LogP contribution < -0.4 is 29.8 Å². The van der Waals surface area contributed by atoms with Crippen LogP contribution >= 0.6 is 11.3 Å². The SMILES string of the molecule is COc1cccc(C(=O)NNc2nc3c(OC)ccc(OC)c3s2)c1OC. The average molecular weight is 389 g/mol. The van der Waals surface area contributed by atoms with Gasteiger partial charge in [-0.1, -0.05) is 17.4 Å². The van der Waals surface area contributed by atoms with Gasteiger partial charge in [0.15, 0.2) is 11.5 Å². The number of amides is 1. The Morgan fingerprint density at radius 3 is 2.30 bits per heavy atom. The van der Waals surface area contributed by atoms with Gasteiger partial charge in [0.2, 0.25) is 5.13 Å². The Bertz CT molecular complexity index is 932. The van der Waals surface area contributed by atoms with Crippen LogP contribution in [-0.4, -0.2) is 39.3 Å². The number of methoxy groups -OCH3 is 4. The summed E-state index contributed by atoms with van der Waals surface area (Å²) in [5, 5.41) is 0.489. The van der Waals surface area contributed by atoms with Gasteiger partial charge in [0.1, 0.15) is 21.7 Å². The second-order valence-corrected chi connectivity index (χ2v) is 6.29. The van der Waals surface area contributed by atoms with E-state index in [9.17, 15) is 4.79 Å². The number of ether oxygens (including phenoxy) is 4. The molecule has 0 spiro atoms. The number of rotatable bonds is 7. The Kier molecular flexibility index (Phi) is 5.51. The van der Waals surface area contributed by atoms with Crippen LogP contribution in [0.15, 0.2) is 30.3 Å². The van der Waals surface area contributed by atoms with Crippen LogP contribution in [0.3, 0.4) is 0 Å². The first-order valence-corrected chi connectivity index (χ1v) is 8.73. The Hall–Kier alpha value is -3.20. The summed E-state index contributed by atoms with van der Waals surface area (Å²) in [5.74, 6) is 1.74. The van der Waals surface area contributed by atoms with Crippen LogP contribution in [0.1, 0.15) is 10.4 Å². The number of hydrogen-bond donors (Lipinski definition) is 2. The molecule has 2 N–H and O–H groups in total. The van der Waals surface area contributed by atoms with Crippen molar-refractivity contribution in [1.82, 2.24) is 10.4 Å². The summed E-state index contributed by atoms with van der Waals surface area (Å²) >= 11 is 1.33. The molecule has 3 aromatic rings. The largest absolute Gasteiger partial charge is 0.495 e. The van der Waals surface area contributed by atoms with Crippen LogP contribution in [0.25, 0.3) is 10.2 Å². The van der Waals surface area contributed by atoms with Crippen molar-refractivity contribution in [2.45, 2.75) is 0 Å². The maximum absolute atomic E-state index is 12.5. The van der Waals surface area contributed by atoms with Crippen LogP contribution in [-0.2, 0) is 0 Å². The monoisotopic (exact) mass is 389 g/mol. The van der Waals surface area contributed by atoms with E-state index in [4.69, 9.17) is 18.9 Å². The number of nitrogens with one attached hydrogen (secondary N) is 2. The Balaban J connectivity index is 1.84. The number of nitrogens with zero attached hydrogens (tertiary/aromatic N) is 1. The lowest BCUT2D eigenvalue weighted by Crippen LogP contribution is -2.29. The number of hydrogen-bond acceptors (Lipinski definition) is 8. The topological polar surface area (TPSA) is 90.9 Å². The molecule has 1 heterocycles. The number of aromatic nitrogens is 1. The molecule has 0 aliphatic heterocycles. The van der Waals surface area contributed by atoms with E-state index in [2.05, 4.69) is 15.8 Å². The van der Waals surface area contributed by atoms with E-state index >= 15 is 0 Å². The predicted octanol–water partition coefficient (Wildman–Crippen LogP) is 3.09. The summed E-state index contributed by atoms with van der Waals surface area (Å²) in [5.41, 5.74) is 6.43. The van der Waals surface area contributed by atoms with Gasteiger partial charge in [-0.05, 0) is 24.3 Å². The zero-order valence-electron chi connectivity index (χ0n) is 15.3. The van der Waals surface area contributed by atoms with Gasteiger partial charge in [-0.3, -0.25) is 15.6 Å². The highest BCUT2D eigenvalue weighted by Crippen LogP contribution is 2.38. The standard InChI is InChI=1S/C18H19N3O5S/c1-23-11-8-9-13(25-3)16-14(11)19-18(27-16)21-20-17(22)10-6-5-7-12(24-2)15(10)26-4/h5-9H,1-4H3,(H,19,21)(H,20,22). The number of carbonyl (C=O) groups is 1. The minimum absolute atomic E-state index is 0.334. The van der Waals surface area contributed by atoms with Crippen LogP contribution in [0.5, 0.6) is 23.0 Å². The molecule has 8 nitrogen and oxygen atoms in total. The summed E-state index contributed by atoms with van der Waals surface area (Å²) in [4.78, 5) is 17.0. The van der Waals surface area contributed by atoms with E-state index in [0.717, 1.165) is 4.70 Å². The molecule has 0 radical (unpaired) electrons. The van der Waals surface area contributed by atoms with Gasteiger partial charge in [0.25, 0.3) is 5.91 Å². The van der Waals surface area contributed by atoms with Gasteiger partial charge in [0, 0.05) is 0 Å². The van der Waals surface area contributed by atoms with Gasteiger partial charge in [0.05, 0.1) is 34.0 Å². The van der Waals surface area contributed by atoms with Gasteiger partial charge in [-0.25, -0.2) is 4.98 Å². The second kappa shape index (κ2) is 8.00. The van der Waals surface area contributed by atoms with Crippen molar-refractivity contribution < 1.29 is 23.7 Å². The summed E-state index contributed by atoms with van der Waals surface area (Å²) in [6, 6.07) is 8.66. The summed E-state index contributed by atoms with van der Waals surface area (Å²) in [6.07, 6.45) is 0. The lowest BCUT2D eigenvalue weighted by atomic mass is 10.2. The molecule has 0 unspecified atom stereocenters. The third-order valence-corrected chi connectivity index (χ3v) is 4.83. The molecular weight excluding hydrogens is 370 g/mol. The van der Waals surface area contributed by atoms with Gasteiger partial charge in [-0.15, -0.1) is 0 Å². The normalized spacial score (nSPS) is 10.4. The molecular formula is C18H19N3O5S. The van der Waals surface area contributed by atoms with Crippen molar-refractivity contribution in [2.24, 2.45) is 0 Å². The van der Waals surface area contributed by atoms with E-state index in [-0.39, 0.29) is 5.91 Å². The maximum Gasteiger partial charge on any atom is 0.273 e. The molecule has 0 saturated carbocycles. The number of fused-ring (bicyclic) bond motifs is 1. The molecule has 0 aliphatic carbocycles. The molecule has 0 saturated heterocycles. The van der Waals surface area contributed by atoms with E-state index in [1.54, 1.807) is 38.5 Å². The Morgan fingerprint density at radius 2 is 1.63 bits per heavy atom. The summed E-state index contributed by atoms with van der Waals surface area (Å²) < 4.78 is 22.0. The van der Waals surface area contributed by atoms with Crippen LogP contribution in [0, 0.1) is 0 Å². The second-order valence-electron chi connectivity index (χ2n) is 5.29. The van der Waals surface area contributed by atoms with Gasteiger partial charge < -0.3 is 18.9 Å². The zero-order valence-corrected chi connectivity index (χ0v) is 16.1. The smallest absolute Gasteiger partial charge is 0.273 e. The molecule has 27 heavy (non-hydrogen) atoms. The fourth-order valence-corrected chi connectivity index (χ4v) is 3.51. The fraction of sp³-hybridized carbons (Fsp3) is 0.222. The molecule has 1 aromatic heterocycles. The number of thiazole rings is 1. The number of anilines is 1. The Labute approximate surface area is 160 Å². The highest BCUT2D eigenvalue weighted by Gasteiger charge is 2.18. The van der Waals surface area contributed by atoms with Crippen molar-refractivity contribution in [2.75, 3.05) is 33.9 Å². The molecule has 2 aromatic carbocycles. The third-order valence-electron chi connectivity index (χ3n) is 3.84. The summed E-state index contributed by atoms with van der Waals surface area (Å²) in [6.45, 7) is 0. The first kappa shape index (κ1) is 18.6. The van der Waals surface area contributed by atoms with Crippen molar-refractivity contribution >= 4 is 32.6 Å². The Morgan fingerprint density at radius 1 is 0.926 bits per heavy atom. The molecule has 0 atom stereocenters. The van der Waals surface area contributed by atoms with E-state index in [1.165, 1.54) is 25.6 Å². The molecule has 0 fully saturated rings. The highest BCUT2D eigenvalue weighted by atomic mass is 32.1. The van der Waals surface area contributed by atoms with Crippen molar-refractivity contribution in [3.05, 3.63) is 35.9 Å². The average Bonchev–Trinajstić information content (AvgIpc) is 3.14. The minimum Gasteiger partial charge on any atom is -0.495 e. The molecule has 0 bridgehead atoms. The quantitative estimate of drug-likeness (QED) is 0.600. The molecule has 142 valence electrons. The summed E-state index contributed by atoms with van der Waals surface area (Å²) in [7, 11) is 6.16. The first-order valence-electron chi connectivity index (χ1n) is 7.91. The molecule has 3 rings (SSSR count). The van der Waals surface area contributed by atoms with E-state index in [1.807, 2.05) is 6.07 Å². The van der Waals surface area contributed by atoms with Crippen molar-refractivity contribution in [3.8, 4) is 23.0 Å². The lowest BCUT2D eigenvalue weighted by molar-refractivity contribution is 0.0959. The van der Waals surface area contributed by atoms with Crippen LogP contribution in [0.2, 0.25) is 0 Å². The minimum atomic E-state index is -0.385. The first-order chi connectivity index (χ1) is 13.1.